The van der Waals surface area contributed by atoms with Crippen LogP contribution in [0, 0.1) is 5.82 Å². The molecule has 1 fully saturated rings. The number of aromatic nitrogens is 3. The van der Waals surface area contributed by atoms with Gasteiger partial charge < -0.3 is 15.4 Å². The molecule has 0 amide bonds. The Kier molecular flexibility index (Phi) is 6.16. The van der Waals surface area contributed by atoms with E-state index in [1.165, 1.54) is 29.8 Å². The second-order valence-electron chi connectivity index (χ2n) is 6.38. The van der Waals surface area contributed by atoms with Crippen LogP contribution in [0.15, 0.2) is 24.5 Å². The Hall–Kier alpha value is -2.07. The number of thiazole rings is 1. The summed E-state index contributed by atoms with van der Waals surface area (Å²) >= 11 is 7.34. The molecule has 1 aliphatic heterocycles. The zero-order chi connectivity index (χ0) is 19.3. The topological polar surface area (TPSA) is 75.2 Å². The van der Waals surface area contributed by atoms with Crippen LogP contribution in [0.3, 0.4) is 0 Å². The van der Waals surface area contributed by atoms with Gasteiger partial charge in [-0.25, -0.2) is 14.4 Å². The Labute approximate surface area is 170 Å². The largest absolute Gasteiger partial charge is 0.379 e. The number of rotatable bonds is 7. The number of ether oxygens (including phenoxy) is 1. The summed E-state index contributed by atoms with van der Waals surface area (Å²) in [7, 11) is 0. The van der Waals surface area contributed by atoms with E-state index in [9.17, 15) is 4.39 Å². The first-order chi connectivity index (χ1) is 13.7. The van der Waals surface area contributed by atoms with E-state index in [4.69, 9.17) is 16.3 Å². The molecular formula is C18H20ClFN6OS. The monoisotopic (exact) mass is 422 g/mol. The van der Waals surface area contributed by atoms with Gasteiger partial charge in [0.2, 0.25) is 0 Å². The Morgan fingerprint density at radius 3 is 2.93 bits per heavy atom. The highest BCUT2D eigenvalue weighted by Gasteiger charge is 2.12. The van der Waals surface area contributed by atoms with Gasteiger partial charge in [0.15, 0.2) is 16.6 Å². The van der Waals surface area contributed by atoms with Gasteiger partial charge in [-0.2, -0.15) is 4.98 Å². The second-order valence-corrected chi connectivity index (χ2v) is 7.79. The SMILES string of the molecule is Fc1ccc(Nc2ncnc3nc(NCCCN4CCOCC4)sc23)cc1Cl. The van der Waals surface area contributed by atoms with Crippen LogP contribution in [0.5, 0.6) is 0 Å². The lowest BCUT2D eigenvalue weighted by molar-refractivity contribution is 0.0378. The van der Waals surface area contributed by atoms with Crippen molar-refractivity contribution in [2.75, 3.05) is 50.0 Å². The third-order valence-electron chi connectivity index (χ3n) is 4.40. The van der Waals surface area contributed by atoms with E-state index in [0.29, 0.717) is 17.2 Å². The molecule has 3 aromatic rings. The molecule has 0 atom stereocenters. The third-order valence-corrected chi connectivity index (χ3v) is 5.70. The van der Waals surface area contributed by atoms with E-state index in [-0.39, 0.29) is 5.02 Å². The van der Waals surface area contributed by atoms with Gasteiger partial charge in [-0.3, -0.25) is 4.90 Å². The maximum absolute atomic E-state index is 13.3. The summed E-state index contributed by atoms with van der Waals surface area (Å²) < 4.78 is 19.5. The maximum atomic E-state index is 13.3. The summed E-state index contributed by atoms with van der Waals surface area (Å²) in [5.74, 6) is 0.160. The third kappa shape index (κ3) is 4.67. The number of hydrogen-bond donors (Lipinski definition) is 2. The lowest BCUT2D eigenvalue weighted by atomic mass is 10.3. The number of anilines is 3. The fraction of sp³-hybridized carbons (Fsp3) is 0.389. The number of hydrogen-bond acceptors (Lipinski definition) is 8. The van der Waals surface area contributed by atoms with Gasteiger partial charge in [0.1, 0.15) is 16.8 Å². The van der Waals surface area contributed by atoms with Crippen molar-refractivity contribution in [2.45, 2.75) is 6.42 Å². The second kappa shape index (κ2) is 8.95. The van der Waals surface area contributed by atoms with E-state index < -0.39 is 5.82 Å². The van der Waals surface area contributed by atoms with Gasteiger partial charge in [0, 0.05) is 25.3 Å². The van der Waals surface area contributed by atoms with Gasteiger partial charge >= 0.3 is 0 Å². The quantitative estimate of drug-likeness (QED) is 0.561. The maximum Gasteiger partial charge on any atom is 0.185 e. The predicted molar refractivity (Wildman–Crippen MR) is 110 cm³/mol. The summed E-state index contributed by atoms with van der Waals surface area (Å²) in [4.78, 5) is 15.5. The number of halogens is 2. The summed E-state index contributed by atoms with van der Waals surface area (Å²) in [5, 5.41) is 7.39. The van der Waals surface area contributed by atoms with Gasteiger partial charge in [-0.05, 0) is 31.2 Å². The van der Waals surface area contributed by atoms with Crippen LogP contribution >= 0.6 is 22.9 Å². The first kappa shape index (κ1) is 19.3. The van der Waals surface area contributed by atoms with E-state index >= 15 is 0 Å². The minimum atomic E-state index is -0.457. The fourth-order valence-electron chi connectivity index (χ4n) is 2.95. The summed E-state index contributed by atoms with van der Waals surface area (Å²) in [5.41, 5.74) is 1.27. The molecule has 0 unspecified atom stereocenters. The number of nitrogens with zero attached hydrogens (tertiary/aromatic N) is 4. The average molecular weight is 423 g/mol. The molecule has 1 aromatic carbocycles. The van der Waals surface area contributed by atoms with E-state index in [1.54, 1.807) is 6.07 Å². The summed E-state index contributed by atoms with van der Waals surface area (Å²) in [6, 6.07) is 4.45. The number of benzene rings is 1. The van der Waals surface area contributed by atoms with E-state index in [1.807, 2.05) is 0 Å². The van der Waals surface area contributed by atoms with Crippen molar-refractivity contribution in [3.8, 4) is 0 Å². The van der Waals surface area contributed by atoms with Crippen LogP contribution in [0.2, 0.25) is 5.02 Å². The minimum absolute atomic E-state index is 0.0576. The molecular weight excluding hydrogens is 403 g/mol. The molecule has 0 saturated carbocycles. The molecule has 0 radical (unpaired) electrons. The van der Waals surface area contributed by atoms with Crippen molar-refractivity contribution < 1.29 is 9.13 Å². The Balaban J connectivity index is 1.39. The predicted octanol–water partition coefficient (Wildman–Crippen LogP) is 3.76. The molecule has 1 saturated heterocycles. The molecule has 2 aromatic heterocycles. The highest BCUT2D eigenvalue weighted by Crippen LogP contribution is 2.31. The molecule has 0 spiro atoms. The van der Waals surface area contributed by atoms with Crippen molar-refractivity contribution in [2.24, 2.45) is 0 Å². The van der Waals surface area contributed by atoms with Crippen molar-refractivity contribution in [1.29, 1.82) is 0 Å². The van der Waals surface area contributed by atoms with Gasteiger partial charge in [0.25, 0.3) is 0 Å². The first-order valence-electron chi connectivity index (χ1n) is 9.06. The van der Waals surface area contributed by atoms with Gasteiger partial charge in [-0.15, -0.1) is 0 Å². The van der Waals surface area contributed by atoms with Crippen LogP contribution in [0.1, 0.15) is 6.42 Å². The number of nitrogens with one attached hydrogen (secondary N) is 2. The highest BCUT2D eigenvalue weighted by atomic mass is 35.5. The van der Waals surface area contributed by atoms with Crippen LogP contribution in [-0.2, 0) is 4.74 Å². The van der Waals surface area contributed by atoms with Crippen molar-refractivity contribution in [3.05, 3.63) is 35.4 Å². The lowest BCUT2D eigenvalue weighted by Gasteiger charge is -2.26. The van der Waals surface area contributed by atoms with Crippen LogP contribution in [-0.4, -0.2) is 59.2 Å². The smallest absolute Gasteiger partial charge is 0.185 e. The first-order valence-corrected chi connectivity index (χ1v) is 10.3. The standard InChI is InChI=1S/C18H20ClFN6OS/c19-13-10-12(2-3-14(13)20)24-16-15-17(23-11-22-16)25-18(28-15)21-4-1-5-26-6-8-27-9-7-26/h2-3,10-11H,1,4-9H2,(H2,21,22,23,24,25). The average Bonchev–Trinajstić information content (AvgIpc) is 3.13. The summed E-state index contributed by atoms with van der Waals surface area (Å²) in [6.07, 6.45) is 2.48. The minimum Gasteiger partial charge on any atom is -0.379 e. The number of morpholine rings is 1. The Morgan fingerprint density at radius 2 is 2.11 bits per heavy atom. The summed E-state index contributed by atoms with van der Waals surface area (Å²) in [6.45, 7) is 5.51. The molecule has 1 aliphatic rings. The van der Waals surface area contributed by atoms with Crippen LogP contribution in [0.25, 0.3) is 10.3 Å². The Bertz CT molecular complexity index is 949. The molecule has 10 heteroatoms. The van der Waals surface area contributed by atoms with Gasteiger partial charge in [-0.1, -0.05) is 22.9 Å². The fourth-order valence-corrected chi connectivity index (χ4v) is 4.02. The molecule has 0 aliphatic carbocycles. The molecule has 3 heterocycles. The lowest BCUT2D eigenvalue weighted by Crippen LogP contribution is -2.37. The van der Waals surface area contributed by atoms with Crippen molar-refractivity contribution >= 4 is 49.9 Å². The Morgan fingerprint density at radius 1 is 1.25 bits per heavy atom. The van der Waals surface area contributed by atoms with Crippen LogP contribution in [0.4, 0.5) is 21.0 Å². The van der Waals surface area contributed by atoms with E-state index in [0.717, 1.165) is 55.6 Å². The van der Waals surface area contributed by atoms with Crippen LogP contribution < -0.4 is 10.6 Å². The number of fused-ring (bicyclic) bond motifs is 1. The zero-order valence-electron chi connectivity index (χ0n) is 15.1. The van der Waals surface area contributed by atoms with Crippen molar-refractivity contribution in [1.82, 2.24) is 19.9 Å². The van der Waals surface area contributed by atoms with Gasteiger partial charge in [0.05, 0.1) is 18.2 Å². The molecule has 2 N–H and O–H groups in total. The zero-order valence-corrected chi connectivity index (χ0v) is 16.7. The van der Waals surface area contributed by atoms with E-state index in [2.05, 4.69) is 30.5 Å². The molecule has 148 valence electrons. The molecule has 28 heavy (non-hydrogen) atoms. The molecule has 0 bridgehead atoms. The highest BCUT2D eigenvalue weighted by molar-refractivity contribution is 7.22. The molecule has 7 nitrogen and oxygen atoms in total. The normalized spacial score (nSPS) is 15.1. The molecule has 4 rings (SSSR count). The van der Waals surface area contributed by atoms with Crippen molar-refractivity contribution in [3.63, 3.8) is 0 Å².